The summed E-state index contributed by atoms with van der Waals surface area (Å²) >= 11 is 0. The molecule has 1 aliphatic heterocycles. The van der Waals surface area contributed by atoms with Gasteiger partial charge in [0.2, 0.25) is 0 Å². The van der Waals surface area contributed by atoms with Gasteiger partial charge in [0.05, 0.1) is 6.04 Å². The molecule has 1 saturated heterocycles. The van der Waals surface area contributed by atoms with Crippen LogP contribution in [0.25, 0.3) is 0 Å². The molecule has 1 rings (SSSR count). The van der Waals surface area contributed by atoms with E-state index in [2.05, 4.69) is 0 Å². The van der Waals surface area contributed by atoms with Crippen molar-refractivity contribution in [3.8, 4) is 0 Å². The average molecular weight is 199 g/mol. The first-order valence-corrected chi connectivity index (χ1v) is 4.84. The van der Waals surface area contributed by atoms with Crippen molar-refractivity contribution in [3.05, 3.63) is 0 Å². The summed E-state index contributed by atoms with van der Waals surface area (Å²) in [5, 5.41) is 9.02. The van der Waals surface area contributed by atoms with E-state index in [9.17, 15) is 9.59 Å². The predicted octanol–water partition coefficient (Wildman–Crippen LogP) is 1.74. The van der Waals surface area contributed by atoms with Gasteiger partial charge in [0.25, 0.3) is 0 Å². The number of carboxylic acid groups (broad SMARTS) is 1. The Morgan fingerprint density at radius 3 is 2.36 bits per heavy atom. The summed E-state index contributed by atoms with van der Waals surface area (Å²) in [6.07, 6.45) is 1.18. The number of amides is 1. The van der Waals surface area contributed by atoms with Gasteiger partial charge in [-0.05, 0) is 18.3 Å². The highest BCUT2D eigenvalue weighted by atomic mass is 16.4. The van der Waals surface area contributed by atoms with Gasteiger partial charge >= 0.3 is 6.09 Å². The number of hydrogen-bond donors (Lipinski definition) is 1. The van der Waals surface area contributed by atoms with E-state index in [0.29, 0.717) is 6.42 Å². The van der Waals surface area contributed by atoms with Crippen molar-refractivity contribution in [1.82, 2.24) is 4.90 Å². The molecule has 0 aromatic heterocycles. The Labute approximate surface area is 83.9 Å². The van der Waals surface area contributed by atoms with Crippen LogP contribution in [0.1, 0.15) is 33.6 Å². The minimum atomic E-state index is -0.987. The van der Waals surface area contributed by atoms with Crippen LogP contribution in [-0.2, 0) is 4.79 Å². The van der Waals surface area contributed by atoms with Crippen LogP contribution >= 0.6 is 0 Å². The molecule has 1 heterocycles. The standard InChI is InChI=1S/C10H17NO3/c1-10(2,3)8-5-4-7(6-12)11(8)9(13)14/h6-8H,4-5H2,1-3H3,(H,13,14). The molecule has 0 radical (unpaired) electrons. The second kappa shape index (κ2) is 3.59. The first-order chi connectivity index (χ1) is 6.38. The summed E-state index contributed by atoms with van der Waals surface area (Å²) in [6, 6.07) is -0.494. The van der Waals surface area contributed by atoms with Gasteiger partial charge in [-0.3, -0.25) is 4.90 Å². The van der Waals surface area contributed by atoms with E-state index in [1.807, 2.05) is 20.8 Å². The molecule has 2 atom stereocenters. The molecule has 1 aliphatic rings. The van der Waals surface area contributed by atoms with Crippen LogP contribution in [0.2, 0.25) is 0 Å². The maximum absolute atomic E-state index is 11.0. The molecule has 0 aromatic rings. The molecule has 1 amide bonds. The Morgan fingerprint density at radius 1 is 1.43 bits per heavy atom. The minimum absolute atomic E-state index is 0.0461. The van der Waals surface area contributed by atoms with Crippen LogP contribution < -0.4 is 0 Å². The number of carbonyl (C=O) groups is 2. The van der Waals surface area contributed by atoms with E-state index >= 15 is 0 Å². The van der Waals surface area contributed by atoms with E-state index in [1.54, 1.807) is 0 Å². The monoisotopic (exact) mass is 199 g/mol. The number of nitrogens with zero attached hydrogens (tertiary/aromatic N) is 1. The zero-order valence-electron chi connectivity index (χ0n) is 8.86. The summed E-state index contributed by atoms with van der Waals surface area (Å²) in [4.78, 5) is 23.0. The lowest BCUT2D eigenvalue weighted by atomic mass is 9.85. The third-order valence-electron chi connectivity index (χ3n) is 2.81. The summed E-state index contributed by atoms with van der Waals surface area (Å²) < 4.78 is 0. The molecular formula is C10H17NO3. The first kappa shape index (κ1) is 11.0. The van der Waals surface area contributed by atoms with Crippen LogP contribution in [0.4, 0.5) is 4.79 Å². The normalized spacial score (nSPS) is 27.8. The van der Waals surface area contributed by atoms with Crippen LogP contribution in [0.15, 0.2) is 0 Å². The fourth-order valence-corrected chi connectivity index (χ4v) is 2.10. The van der Waals surface area contributed by atoms with Crippen molar-refractivity contribution in [3.63, 3.8) is 0 Å². The highest BCUT2D eigenvalue weighted by Gasteiger charge is 2.42. The molecule has 80 valence electrons. The Morgan fingerprint density at radius 2 is 2.00 bits per heavy atom. The van der Waals surface area contributed by atoms with Gasteiger partial charge in [-0.2, -0.15) is 0 Å². The van der Waals surface area contributed by atoms with E-state index in [0.717, 1.165) is 12.7 Å². The second-order valence-corrected chi connectivity index (χ2v) is 4.85. The topological polar surface area (TPSA) is 57.6 Å². The second-order valence-electron chi connectivity index (χ2n) is 4.85. The Hall–Kier alpha value is -1.06. The molecule has 1 fully saturated rings. The Balaban J connectivity index is 2.89. The van der Waals surface area contributed by atoms with Gasteiger partial charge < -0.3 is 9.90 Å². The van der Waals surface area contributed by atoms with Gasteiger partial charge in [-0.1, -0.05) is 20.8 Å². The fourth-order valence-electron chi connectivity index (χ4n) is 2.10. The van der Waals surface area contributed by atoms with Gasteiger partial charge in [-0.15, -0.1) is 0 Å². The number of likely N-dealkylation sites (tertiary alicyclic amines) is 1. The Kier molecular flexibility index (Phi) is 2.83. The van der Waals surface area contributed by atoms with Crippen LogP contribution in [0.3, 0.4) is 0 Å². The molecule has 1 N–H and O–H groups in total. The van der Waals surface area contributed by atoms with Crippen molar-refractivity contribution < 1.29 is 14.7 Å². The lowest BCUT2D eigenvalue weighted by Crippen LogP contribution is -2.46. The summed E-state index contributed by atoms with van der Waals surface area (Å²) in [6.45, 7) is 6.00. The lowest BCUT2D eigenvalue weighted by Gasteiger charge is -2.34. The zero-order valence-corrected chi connectivity index (χ0v) is 8.86. The lowest BCUT2D eigenvalue weighted by molar-refractivity contribution is -0.111. The molecule has 2 unspecified atom stereocenters. The number of rotatable bonds is 1. The minimum Gasteiger partial charge on any atom is -0.465 e. The van der Waals surface area contributed by atoms with E-state index < -0.39 is 12.1 Å². The van der Waals surface area contributed by atoms with Gasteiger partial charge in [0, 0.05) is 6.04 Å². The highest BCUT2D eigenvalue weighted by Crippen LogP contribution is 2.35. The summed E-state index contributed by atoms with van der Waals surface area (Å²) in [5.74, 6) is 0. The first-order valence-electron chi connectivity index (χ1n) is 4.84. The molecule has 14 heavy (non-hydrogen) atoms. The van der Waals surface area contributed by atoms with Crippen molar-refractivity contribution in [1.29, 1.82) is 0 Å². The number of aldehydes is 1. The van der Waals surface area contributed by atoms with E-state index in [4.69, 9.17) is 5.11 Å². The van der Waals surface area contributed by atoms with Crippen LogP contribution in [-0.4, -0.2) is 34.5 Å². The zero-order chi connectivity index (χ0) is 10.9. The summed E-state index contributed by atoms with van der Waals surface area (Å²) in [5.41, 5.74) is -0.101. The highest BCUT2D eigenvalue weighted by molar-refractivity contribution is 5.73. The molecule has 0 bridgehead atoms. The van der Waals surface area contributed by atoms with E-state index in [-0.39, 0.29) is 11.5 Å². The van der Waals surface area contributed by atoms with Crippen LogP contribution in [0, 0.1) is 5.41 Å². The van der Waals surface area contributed by atoms with Gasteiger partial charge in [0.15, 0.2) is 0 Å². The summed E-state index contributed by atoms with van der Waals surface area (Å²) in [7, 11) is 0. The molecule has 0 spiro atoms. The third kappa shape index (κ3) is 1.89. The van der Waals surface area contributed by atoms with Crippen molar-refractivity contribution in [2.24, 2.45) is 5.41 Å². The quantitative estimate of drug-likeness (QED) is 0.654. The third-order valence-corrected chi connectivity index (χ3v) is 2.81. The predicted molar refractivity (Wildman–Crippen MR) is 52.2 cm³/mol. The molecule has 0 aromatic carbocycles. The number of hydrogen-bond acceptors (Lipinski definition) is 2. The van der Waals surface area contributed by atoms with Gasteiger partial charge in [-0.25, -0.2) is 4.79 Å². The Bertz CT molecular complexity index is 244. The molecule has 0 aliphatic carbocycles. The maximum atomic E-state index is 11.0. The van der Waals surface area contributed by atoms with Crippen molar-refractivity contribution in [2.45, 2.75) is 45.7 Å². The van der Waals surface area contributed by atoms with Crippen LogP contribution in [0.5, 0.6) is 0 Å². The fraction of sp³-hybridized carbons (Fsp3) is 0.800. The smallest absolute Gasteiger partial charge is 0.408 e. The SMILES string of the molecule is CC(C)(C)C1CCC(C=O)N1C(=O)O. The van der Waals surface area contributed by atoms with Gasteiger partial charge in [0.1, 0.15) is 6.29 Å². The molecule has 0 saturated carbocycles. The maximum Gasteiger partial charge on any atom is 0.408 e. The van der Waals surface area contributed by atoms with Crippen molar-refractivity contribution in [2.75, 3.05) is 0 Å². The van der Waals surface area contributed by atoms with E-state index in [1.165, 1.54) is 4.90 Å². The molecular weight excluding hydrogens is 182 g/mol. The molecule has 4 heteroatoms. The largest absolute Gasteiger partial charge is 0.465 e. The molecule has 4 nitrogen and oxygen atoms in total. The number of carbonyl (C=O) groups excluding carboxylic acids is 1. The average Bonchev–Trinajstić information content (AvgIpc) is 2.45. The van der Waals surface area contributed by atoms with Crippen molar-refractivity contribution >= 4 is 12.4 Å².